The summed E-state index contributed by atoms with van der Waals surface area (Å²) in [5, 5.41) is 8.10. The maximum absolute atomic E-state index is 13.4. The summed E-state index contributed by atoms with van der Waals surface area (Å²) >= 11 is 7.02. The quantitative estimate of drug-likeness (QED) is 0.143. The van der Waals surface area contributed by atoms with E-state index in [4.69, 9.17) is 16.3 Å². The van der Waals surface area contributed by atoms with E-state index in [1.807, 2.05) is 0 Å². The molecule has 4 aromatic carbocycles. The Labute approximate surface area is 245 Å². The van der Waals surface area contributed by atoms with Crippen molar-refractivity contribution >= 4 is 58.5 Å². The third kappa shape index (κ3) is 8.69. The zero-order chi connectivity index (χ0) is 29.2. The predicted molar refractivity (Wildman–Crippen MR) is 161 cm³/mol. The average molecular weight is 590 g/mol. The van der Waals surface area contributed by atoms with Gasteiger partial charge in [0.1, 0.15) is 17.3 Å². The van der Waals surface area contributed by atoms with Gasteiger partial charge in [-0.1, -0.05) is 48.0 Å². The molecule has 0 unspecified atom stereocenters. The fourth-order valence-corrected chi connectivity index (χ4v) is 4.56. The van der Waals surface area contributed by atoms with Crippen LogP contribution in [-0.4, -0.2) is 30.6 Å². The molecule has 4 aromatic rings. The van der Waals surface area contributed by atoms with Gasteiger partial charge in [0.05, 0.1) is 17.9 Å². The molecular formula is C31H25ClFN3O4S. The minimum Gasteiger partial charge on any atom is -0.497 e. The first kappa shape index (κ1) is 29.4. The van der Waals surface area contributed by atoms with Crippen LogP contribution in [0.2, 0.25) is 5.02 Å². The molecule has 0 aliphatic heterocycles. The Balaban J connectivity index is 1.46. The molecule has 0 saturated carbocycles. The normalized spacial score (nSPS) is 11.0. The summed E-state index contributed by atoms with van der Waals surface area (Å²) in [6.07, 6.45) is 1.56. The van der Waals surface area contributed by atoms with Gasteiger partial charge >= 0.3 is 0 Å². The fourth-order valence-electron chi connectivity index (χ4n) is 3.62. The lowest BCUT2D eigenvalue weighted by Crippen LogP contribution is -2.30. The molecule has 0 saturated heterocycles. The number of anilines is 2. The van der Waals surface area contributed by atoms with E-state index in [1.54, 1.807) is 92.0 Å². The molecule has 10 heteroatoms. The molecular weight excluding hydrogens is 565 g/mol. The van der Waals surface area contributed by atoms with E-state index in [0.717, 1.165) is 4.90 Å². The summed E-state index contributed by atoms with van der Waals surface area (Å²) in [4.78, 5) is 39.3. The Morgan fingerprint density at radius 2 is 1.63 bits per heavy atom. The summed E-state index contributed by atoms with van der Waals surface area (Å²) in [6.45, 7) is 0. The van der Waals surface area contributed by atoms with Gasteiger partial charge in [-0.05, 0) is 72.3 Å². The fraction of sp³-hybridized carbons (Fsp3) is 0.0645. The first-order valence-corrected chi connectivity index (χ1v) is 13.7. The molecule has 208 valence electrons. The first-order chi connectivity index (χ1) is 19.8. The number of ether oxygens (including phenoxy) is 1. The van der Waals surface area contributed by atoms with Crippen molar-refractivity contribution in [3.63, 3.8) is 0 Å². The Bertz CT molecular complexity index is 1600. The van der Waals surface area contributed by atoms with Crippen molar-refractivity contribution in [2.45, 2.75) is 4.90 Å². The Morgan fingerprint density at radius 1 is 0.878 bits per heavy atom. The van der Waals surface area contributed by atoms with Crippen molar-refractivity contribution < 1.29 is 23.5 Å². The number of carbonyl (C=O) groups excluding carboxylic acids is 3. The molecule has 0 aliphatic rings. The standard InChI is InChI=1S/C31H25ClFN3O4S/c1-40-24-11-5-7-20(15-24)16-28(36-30(38)21-8-3-2-4-9-21)31(39)35-22-10-6-12-25(17-22)41-19-29(37)34-23-13-14-27(33)26(32)18-23/h2-18H,19H2,1H3,(H,34,37)(H,35,39)(H,36,38)/b28-16-. The van der Waals surface area contributed by atoms with Crippen LogP contribution in [0.4, 0.5) is 15.8 Å². The largest absolute Gasteiger partial charge is 0.497 e. The lowest BCUT2D eigenvalue weighted by Gasteiger charge is -2.12. The van der Waals surface area contributed by atoms with Gasteiger partial charge in [0.2, 0.25) is 5.91 Å². The van der Waals surface area contributed by atoms with Gasteiger partial charge in [-0.2, -0.15) is 0 Å². The zero-order valence-corrected chi connectivity index (χ0v) is 23.4. The highest BCUT2D eigenvalue weighted by Gasteiger charge is 2.16. The third-order valence-electron chi connectivity index (χ3n) is 5.60. The first-order valence-electron chi connectivity index (χ1n) is 12.3. The van der Waals surface area contributed by atoms with Gasteiger partial charge < -0.3 is 20.7 Å². The highest BCUT2D eigenvalue weighted by atomic mass is 35.5. The lowest BCUT2D eigenvalue weighted by molar-refractivity contribution is -0.114. The molecule has 0 bridgehead atoms. The number of nitrogens with one attached hydrogen (secondary N) is 3. The molecule has 0 atom stereocenters. The number of halogens is 2. The highest BCUT2D eigenvalue weighted by molar-refractivity contribution is 8.00. The summed E-state index contributed by atoms with van der Waals surface area (Å²) < 4.78 is 18.6. The number of amides is 3. The molecule has 0 radical (unpaired) electrons. The second-order valence-corrected chi connectivity index (χ2v) is 10.1. The Kier molecular flexibility index (Phi) is 10.1. The van der Waals surface area contributed by atoms with Crippen LogP contribution in [0.3, 0.4) is 0 Å². The van der Waals surface area contributed by atoms with Gasteiger partial charge in [-0.3, -0.25) is 14.4 Å². The van der Waals surface area contributed by atoms with E-state index in [2.05, 4.69) is 16.0 Å². The molecule has 3 amide bonds. The Morgan fingerprint density at radius 3 is 2.39 bits per heavy atom. The minimum absolute atomic E-state index is 0.0301. The molecule has 0 aliphatic carbocycles. The van der Waals surface area contributed by atoms with E-state index >= 15 is 0 Å². The van der Waals surface area contributed by atoms with Gasteiger partial charge in [0, 0.05) is 21.8 Å². The van der Waals surface area contributed by atoms with Crippen molar-refractivity contribution in [1.29, 1.82) is 0 Å². The van der Waals surface area contributed by atoms with Gasteiger partial charge in [-0.25, -0.2) is 4.39 Å². The van der Waals surface area contributed by atoms with Crippen LogP contribution < -0.4 is 20.7 Å². The zero-order valence-electron chi connectivity index (χ0n) is 21.8. The van der Waals surface area contributed by atoms with Crippen LogP contribution >= 0.6 is 23.4 Å². The van der Waals surface area contributed by atoms with Gasteiger partial charge in [0.25, 0.3) is 11.8 Å². The molecule has 4 rings (SSSR count). The Hall–Kier alpha value is -4.60. The van der Waals surface area contributed by atoms with Crippen LogP contribution in [0.1, 0.15) is 15.9 Å². The number of methoxy groups -OCH3 is 1. The third-order valence-corrected chi connectivity index (χ3v) is 6.88. The van der Waals surface area contributed by atoms with Gasteiger partial charge in [0.15, 0.2) is 0 Å². The van der Waals surface area contributed by atoms with Crippen molar-refractivity contribution in [3.05, 3.63) is 125 Å². The van der Waals surface area contributed by atoms with E-state index in [0.29, 0.717) is 28.3 Å². The molecule has 0 aromatic heterocycles. The molecule has 3 N–H and O–H groups in total. The maximum atomic E-state index is 13.4. The minimum atomic E-state index is -0.570. The van der Waals surface area contributed by atoms with Crippen molar-refractivity contribution in [3.8, 4) is 5.75 Å². The van der Waals surface area contributed by atoms with Crippen molar-refractivity contribution in [2.24, 2.45) is 0 Å². The summed E-state index contributed by atoms with van der Waals surface area (Å²) in [5.74, 6) is -1.18. The second-order valence-electron chi connectivity index (χ2n) is 8.60. The van der Waals surface area contributed by atoms with E-state index in [9.17, 15) is 18.8 Å². The molecule has 0 heterocycles. The number of benzene rings is 4. The summed E-state index contributed by atoms with van der Waals surface area (Å²) in [7, 11) is 1.54. The van der Waals surface area contributed by atoms with Crippen LogP contribution in [-0.2, 0) is 9.59 Å². The topological polar surface area (TPSA) is 96.5 Å². The van der Waals surface area contributed by atoms with Crippen LogP contribution in [0.25, 0.3) is 6.08 Å². The van der Waals surface area contributed by atoms with E-state index in [1.165, 1.54) is 30.0 Å². The number of carbonyl (C=O) groups is 3. The van der Waals surface area contributed by atoms with E-state index in [-0.39, 0.29) is 22.4 Å². The lowest BCUT2D eigenvalue weighted by atomic mass is 10.1. The summed E-state index contributed by atoms with van der Waals surface area (Å²) in [6, 6.07) is 26.5. The number of hydrogen-bond acceptors (Lipinski definition) is 5. The van der Waals surface area contributed by atoms with Crippen LogP contribution in [0.5, 0.6) is 5.75 Å². The van der Waals surface area contributed by atoms with Crippen LogP contribution in [0.15, 0.2) is 108 Å². The van der Waals surface area contributed by atoms with Crippen LogP contribution in [0, 0.1) is 5.82 Å². The SMILES string of the molecule is COc1cccc(/C=C(\NC(=O)c2ccccc2)C(=O)Nc2cccc(SCC(=O)Nc3ccc(F)c(Cl)c3)c2)c1. The average Bonchev–Trinajstić information content (AvgIpc) is 2.98. The second kappa shape index (κ2) is 14.2. The van der Waals surface area contributed by atoms with Gasteiger partial charge in [-0.15, -0.1) is 11.8 Å². The molecule has 7 nitrogen and oxygen atoms in total. The van der Waals surface area contributed by atoms with E-state index < -0.39 is 17.6 Å². The smallest absolute Gasteiger partial charge is 0.272 e. The summed E-state index contributed by atoms with van der Waals surface area (Å²) in [5.41, 5.74) is 1.94. The maximum Gasteiger partial charge on any atom is 0.272 e. The van der Waals surface area contributed by atoms with Crippen molar-refractivity contribution in [2.75, 3.05) is 23.5 Å². The predicted octanol–water partition coefficient (Wildman–Crippen LogP) is 6.63. The number of rotatable bonds is 10. The molecule has 41 heavy (non-hydrogen) atoms. The highest BCUT2D eigenvalue weighted by Crippen LogP contribution is 2.24. The number of hydrogen-bond donors (Lipinski definition) is 3. The van der Waals surface area contributed by atoms with Crippen molar-refractivity contribution in [1.82, 2.24) is 5.32 Å². The monoisotopic (exact) mass is 589 g/mol. The molecule has 0 spiro atoms. The molecule has 0 fully saturated rings. The number of thioether (sulfide) groups is 1.